The number of hydrogen-bond donors (Lipinski definition) is 1. The van der Waals surface area contributed by atoms with Gasteiger partial charge in [-0.15, -0.1) is 0 Å². The van der Waals surface area contributed by atoms with E-state index in [1.54, 1.807) is 6.26 Å². The van der Waals surface area contributed by atoms with Gasteiger partial charge in [0.1, 0.15) is 5.76 Å². The Morgan fingerprint density at radius 2 is 1.90 bits per heavy atom. The van der Waals surface area contributed by atoms with E-state index in [1.165, 1.54) is 0 Å². The van der Waals surface area contributed by atoms with E-state index < -0.39 is 0 Å². The first kappa shape index (κ1) is 17.0. The Labute approximate surface area is 127 Å². The minimum Gasteiger partial charge on any atom is -0.468 e. The maximum absolute atomic E-state index is 12.1. The maximum Gasteiger partial charge on any atom is 0.251 e. The number of hydrogen-bond acceptors (Lipinski definition) is 2. The molecule has 0 saturated heterocycles. The van der Waals surface area contributed by atoms with E-state index in [9.17, 15) is 4.79 Å². The normalized spacial score (nSPS) is 10.5. The van der Waals surface area contributed by atoms with Crippen LogP contribution in [0.5, 0.6) is 0 Å². The molecule has 0 bridgehead atoms. The second-order valence-electron chi connectivity index (χ2n) is 5.25. The van der Waals surface area contributed by atoms with Crippen LogP contribution in [0.2, 0.25) is 0 Å². The van der Waals surface area contributed by atoms with Gasteiger partial charge in [-0.1, -0.05) is 31.0 Å². The third-order valence-electron chi connectivity index (χ3n) is 3.04. The highest BCUT2D eigenvalue weighted by atomic mass is 16.5. The van der Waals surface area contributed by atoms with Crippen molar-refractivity contribution < 1.29 is 9.53 Å². The number of amides is 1. The molecule has 0 radical (unpaired) electrons. The van der Waals surface area contributed by atoms with Crippen molar-refractivity contribution in [3.05, 3.63) is 59.1 Å². The van der Waals surface area contributed by atoms with Crippen molar-refractivity contribution in [2.24, 2.45) is 0 Å². The van der Waals surface area contributed by atoms with Gasteiger partial charge < -0.3 is 10.1 Å². The Hall–Kier alpha value is -2.03. The van der Waals surface area contributed by atoms with Gasteiger partial charge >= 0.3 is 0 Å². The smallest absolute Gasteiger partial charge is 0.251 e. The van der Waals surface area contributed by atoms with Crippen molar-refractivity contribution in [2.45, 2.75) is 40.5 Å². The van der Waals surface area contributed by atoms with Gasteiger partial charge in [0.25, 0.3) is 5.91 Å². The van der Waals surface area contributed by atoms with Crippen LogP contribution in [0.1, 0.15) is 49.5 Å². The highest BCUT2D eigenvalue weighted by Gasteiger charge is 2.07. The van der Waals surface area contributed by atoms with Crippen LogP contribution in [0.3, 0.4) is 0 Å². The summed E-state index contributed by atoms with van der Waals surface area (Å²) >= 11 is 0. The summed E-state index contributed by atoms with van der Waals surface area (Å²) in [5.41, 5.74) is 2.86. The van der Waals surface area contributed by atoms with Crippen LogP contribution >= 0.6 is 0 Å². The topological polar surface area (TPSA) is 38.3 Å². The number of benzene rings is 1. The molecule has 1 rings (SSSR count). The summed E-state index contributed by atoms with van der Waals surface area (Å²) in [6.07, 6.45) is 5.77. The first-order valence-electron chi connectivity index (χ1n) is 7.37. The Balaban J connectivity index is 2.55. The largest absolute Gasteiger partial charge is 0.468 e. The maximum atomic E-state index is 12.1. The molecule has 1 N–H and O–H groups in total. The van der Waals surface area contributed by atoms with Gasteiger partial charge in [-0.25, -0.2) is 0 Å². The molecule has 3 nitrogen and oxygen atoms in total. The second-order valence-corrected chi connectivity index (χ2v) is 5.25. The molecule has 0 aliphatic carbocycles. The number of aryl methyl sites for hydroxylation is 1. The summed E-state index contributed by atoms with van der Waals surface area (Å²) in [4.78, 5) is 12.1. The Kier molecular flexibility index (Phi) is 7.30. The highest BCUT2D eigenvalue weighted by molar-refractivity contribution is 5.94. The Morgan fingerprint density at radius 1 is 1.24 bits per heavy atom. The fraction of sp³-hybridized carbons (Fsp3) is 0.389. The highest BCUT2D eigenvalue weighted by Crippen LogP contribution is 2.07. The Bertz CT molecular complexity index is 509. The summed E-state index contributed by atoms with van der Waals surface area (Å²) < 4.78 is 5.60. The van der Waals surface area contributed by atoms with Crippen LogP contribution < -0.4 is 5.32 Å². The minimum absolute atomic E-state index is 0.0881. The van der Waals surface area contributed by atoms with Gasteiger partial charge in [-0.05, 0) is 51.0 Å². The predicted molar refractivity (Wildman–Crippen MR) is 87.0 cm³/mol. The van der Waals surface area contributed by atoms with Crippen LogP contribution in [-0.2, 0) is 4.74 Å². The number of allylic oxidation sites excluding steroid dienone is 2. The molecule has 0 heterocycles. The number of carbonyl (C=O) groups excluding carboxylic acids is 1. The third kappa shape index (κ3) is 6.30. The Morgan fingerprint density at radius 3 is 2.48 bits per heavy atom. The summed E-state index contributed by atoms with van der Waals surface area (Å²) in [6, 6.07) is 7.52. The molecule has 114 valence electrons. The minimum atomic E-state index is -0.0881. The summed E-state index contributed by atoms with van der Waals surface area (Å²) in [7, 11) is 0. The third-order valence-corrected chi connectivity index (χ3v) is 3.04. The average molecular weight is 287 g/mol. The lowest BCUT2D eigenvalue weighted by atomic mass is 10.1. The number of ether oxygens (including phenoxy) is 1. The molecule has 3 heteroatoms. The van der Waals surface area contributed by atoms with Crippen molar-refractivity contribution >= 4 is 5.91 Å². The molecule has 0 saturated carbocycles. The van der Waals surface area contributed by atoms with Crippen LogP contribution in [-0.4, -0.2) is 12.5 Å². The van der Waals surface area contributed by atoms with E-state index >= 15 is 0 Å². The van der Waals surface area contributed by atoms with Gasteiger partial charge in [0.2, 0.25) is 0 Å². The molecule has 0 aromatic heterocycles. The lowest BCUT2D eigenvalue weighted by molar-refractivity contribution is 0.0951. The fourth-order valence-electron chi connectivity index (χ4n) is 1.67. The predicted octanol–water partition coefficient (Wildman–Crippen LogP) is 4.35. The van der Waals surface area contributed by atoms with Gasteiger partial charge in [-0.2, -0.15) is 0 Å². The van der Waals surface area contributed by atoms with Crippen LogP contribution in [0.15, 0.2) is 47.9 Å². The van der Waals surface area contributed by atoms with E-state index in [1.807, 2.05) is 51.1 Å². The van der Waals surface area contributed by atoms with Gasteiger partial charge in [0.15, 0.2) is 0 Å². The molecule has 0 atom stereocenters. The first-order chi connectivity index (χ1) is 10.0. The summed E-state index contributed by atoms with van der Waals surface area (Å²) in [5.74, 6) is 0.692. The van der Waals surface area contributed by atoms with E-state index in [2.05, 4.69) is 12.2 Å². The number of nitrogens with one attached hydrogen (secondary N) is 1. The summed E-state index contributed by atoms with van der Waals surface area (Å²) in [5, 5.41) is 2.89. The zero-order valence-electron chi connectivity index (χ0n) is 13.4. The van der Waals surface area contributed by atoms with Gasteiger partial charge in [0.05, 0.1) is 12.8 Å². The first-order valence-corrected chi connectivity index (χ1v) is 7.37. The number of carbonyl (C=O) groups is 1. The van der Waals surface area contributed by atoms with Crippen LogP contribution in [0.4, 0.5) is 0 Å². The average Bonchev–Trinajstić information content (AvgIpc) is 2.46. The SMILES string of the molecule is CCC/C=C/OC(CNC(=O)c1ccc(C)cc1)=C(C)C. The number of rotatable bonds is 7. The van der Waals surface area contributed by atoms with Crippen molar-refractivity contribution in [3.8, 4) is 0 Å². The van der Waals surface area contributed by atoms with E-state index in [0.29, 0.717) is 12.1 Å². The quantitative estimate of drug-likeness (QED) is 0.757. The molecule has 0 aliphatic rings. The molecule has 0 fully saturated rings. The lowest BCUT2D eigenvalue weighted by Gasteiger charge is -2.10. The molecule has 0 spiro atoms. The van der Waals surface area contributed by atoms with Crippen LogP contribution in [0.25, 0.3) is 0 Å². The van der Waals surface area contributed by atoms with Gasteiger partial charge in [0, 0.05) is 5.56 Å². The molecular formula is C18H25NO2. The zero-order valence-corrected chi connectivity index (χ0v) is 13.4. The molecule has 1 aromatic carbocycles. The summed E-state index contributed by atoms with van der Waals surface area (Å²) in [6.45, 7) is 8.46. The molecule has 0 unspecified atom stereocenters. The number of unbranched alkanes of at least 4 members (excludes halogenated alkanes) is 1. The fourth-order valence-corrected chi connectivity index (χ4v) is 1.67. The van der Waals surface area contributed by atoms with Gasteiger partial charge in [-0.3, -0.25) is 4.79 Å². The molecule has 1 amide bonds. The zero-order chi connectivity index (χ0) is 15.7. The van der Waals surface area contributed by atoms with E-state index in [4.69, 9.17) is 4.74 Å². The molecule has 21 heavy (non-hydrogen) atoms. The monoisotopic (exact) mass is 287 g/mol. The van der Waals surface area contributed by atoms with Crippen molar-refractivity contribution in [1.29, 1.82) is 0 Å². The standard InChI is InChI=1S/C18H25NO2/c1-5-6-7-12-21-17(14(2)3)13-19-18(20)16-10-8-15(4)9-11-16/h7-12H,5-6,13H2,1-4H3,(H,19,20)/b12-7+. The van der Waals surface area contributed by atoms with Crippen molar-refractivity contribution in [1.82, 2.24) is 5.32 Å². The van der Waals surface area contributed by atoms with Crippen LogP contribution in [0, 0.1) is 6.92 Å². The van der Waals surface area contributed by atoms with E-state index in [0.717, 1.165) is 29.7 Å². The molecule has 0 aliphatic heterocycles. The molecule has 1 aromatic rings. The molecular weight excluding hydrogens is 262 g/mol. The lowest BCUT2D eigenvalue weighted by Crippen LogP contribution is -2.26. The van der Waals surface area contributed by atoms with Crippen molar-refractivity contribution in [3.63, 3.8) is 0 Å². The van der Waals surface area contributed by atoms with E-state index in [-0.39, 0.29) is 5.91 Å². The second kappa shape index (κ2) is 9.01. The van der Waals surface area contributed by atoms with Crippen molar-refractivity contribution in [2.75, 3.05) is 6.54 Å².